The molecule has 0 saturated carbocycles. The minimum Gasteiger partial charge on any atom is -0.481 e. The third-order valence-corrected chi connectivity index (χ3v) is 6.64. The first kappa shape index (κ1) is 35.7. The molecule has 0 bridgehead atoms. The predicted octanol–water partition coefficient (Wildman–Crippen LogP) is 7.46. The Morgan fingerprint density at radius 1 is 1.04 bits per heavy atom. The van der Waals surface area contributed by atoms with Gasteiger partial charge in [-0.05, 0) is 45.0 Å². The number of carbonyl (C=O) groups is 2. The van der Waals surface area contributed by atoms with Crippen LogP contribution in [0.2, 0.25) is 5.02 Å². The number of methoxy groups -OCH3 is 2. The first-order valence-corrected chi connectivity index (χ1v) is 13.6. The van der Waals surface area contributed by atoms with E-state index in [9.17, 15) is 41.7 Å². The molecule has 2 aromatic carbocycles. The maximum Gasteiger partial charge on any atom is 0.419 e. The molecule has 1 N–H and O–H groups in total. The molecule has 0 aliphatic rings. The number of rotatable bonds is 10. The maximum atomic E-state index is 14.8. The lowest BCUT2D eigenvalue weighted by molar-refractivity contribution is -0.386. The fraction of sp³-hybridized carbons (Fsp3) is 0.345. The normalized spacial score (nSPS) is 11.5. The Balaban J connectivity index is 2.12. The van der Waals surface area contributed by atoms with E-state index in [4.69, 9.17) is 21.1 Å². The van der Waals surface area contributed by atoms with E-state index in [0.717, 1.165) is 24.1 Å². The molecule has 1 aromatic heterocycles. The van der Waals surface area contributed by atoms with Gasteiger partial charge in [-0.3, -0.25) is 10.1 Å². The second-order valence-electron chi connectivity index (χ2n) is 10.6. The molecule has 0 radical (unpaired) electrons. The van der Waals surface area contributed by atoms with E-state index in [2.05, 4.69) is 15.0 Å². The van der Waals surface area contributed by atoms with Gasteiger partial charge in [-0.15, -0.1) is 0 Å². The van der Waals surface area contributed by atoms with Crippen LogP contribution in [0.5, 0.6) is 5.88 Å². The number of alkyl halides is 3. The second-order valence-corrected chi connectivity index (χ2v) is 11.0. The van der Waals surface area contributed by atoms with Gasteiger partial charge in [-0.1, -0.05) is 11.6 Å². The van der Waals surface area contributed by atoms with Gasteiger partial charge in [0, 0.05) is 36.3 Å². The highest BCUT2D eigenvalue weighted by molar-refractivity contribution is 6.32. The highest BCUT2D eigenvalue weighted by Gasteiger charge is 2.36. The van der Waals surface area contributed by atoms with Crippen molar-refractivity contribution in [2.24, 2.45) is 0 Å². The predicted molar refractivity (Wildman–Crippen MR) is 155 cm³/mol. The Hall–Kier alpha value is -4.73. The van der Waals surface area contributed by atoms with Gasteiger partial charge in [0.15, 0.2) is 0 Å². The number of nitrogens with one attached hydrogen (secondary N) is 1. The summed E-state index contributed by atoms with van der Waals surface area (Å²) in [5.74, 6) is -3.84. The van der Waals surface area contributed by atoms with Crippen molar-refractivity contribution in [1.29, 1.82) is 0 Å². The molecule has 0 saturated heterocycles. The highest BCUT2D eigenvalue weighted by Crippen LogP contribution is 2.38. The van der Waals surface area contributed by atoms with E-state index in [0.29, 0.717) is 12.1 Å². The molecular formula is C29H28ClF5N4O7. The second kappa shape index (κ2) is 14.1. The lowest BCUT2D eigenvalue weighted by atomic mass is 10.1. The molecule has 248 valence electrons. The zero-order valence-electron chi connectivity index (χ0n) is 25.1. The van der Waals surface area contributed by atoms with E-state index in [1.165, 1.54) is 19.2 Å². The summed E-state index contributed by atoms with van der Waals surface area (Å²) in [6.45, 7) is 3.86. The van der Waals surface area contributed by atoms with Crippen molar-refractivity contribution in [3.8, 4) is 5.88 Å². The Kier molecular flexibility index (Phi) is 11.0. The largest absolute Gasteiger partial charge is 0.481 e. The molecule has 0 atom stereocenters. The number of amides is 1. The van der Waals surface area contributed by atoms with Crippen LogP contribution < -0.4 is 10.1 Å². The van der Waals surface area contributed by atoms with E-state index in [1.807, 2.05) is 0 Å². The van der Waals surface area contributed by atoms with Crippen LogP contribution in [0.3, 0.4) is 0 Å². The van der Waals surface area contributed by atoms with Crippen LogP contribution in [0.1, 0.15) is 48.0 Å². The fourth-order valence-electron chi connectivity index (χ4n) is 4.11. The SMILES string of the molecule is COC(=O)c1cc(F)c(C(F)(F)F)cc1Nc1ccc(F)c(Cl)c1CN(CCc1nc(OC)ccc1[N+](=O)[O-])C(=O)OC(C)(C)C. The van der Waals surface area contributed by atoms with Gasteiger partial charge in [0.25, 0.3) is 5.69 Å². The number of hydrogen-bond donors (Lipinski definition) is 1. The van der Waals surface area contributed by atoms with E-state index in [-0.39, 0.29) is 41.5 Å². The first-order valence-electron chi connectivity index (χ1n) is 13.3. The summed E-state index contributed by atoms with van der Waals surface area (Å²) < 4.78 is 84.9. The summed E-state index contributed by atoms with van der Waals surface area (Å²) >= 11 is 6.29. The van der Waals surface area contributed by atoms with Crippen LogP contribution >= 0.6 is 11.6 Å². The van der Waals surface area contributed by atoms with Gasteiger partial charge in [0.1, 0.15) is 22.9 Å². The molecular weight excluding hydrogens is 647 g/mol. The van der Waals surface area contributed by atoms with Crippen molar-refractivity contribution in [2.75, 3.05) is 26.1 Å². The molecule has 0 spiro atoms. The quantitative estimate of drug-likeness (QED) is 0.101. The molecule has 3 rings (SSSR count). The van der Waals surface area contributed by atoms with Gasteiger partial charge in [-0.25, -0.2) is 23.4 Å². The number of benzene rings is 2. The number of carbonyl (C=O) groups excluding carboxylic acids is 2. The number of aromatic nitrogens is 1. The number of halogens is 6. The average Bonchev–Trinajstić information content (AvgIpc) is 2.96. The Morgan fingerprint density at radius 2 is 1.72 bits per heavy atom. The van der Waals surface area contributed by atoms with Crippen LogP contribution in [-0.4, -0.2) is 53.2 Å². The summed E-state index contributed by atoms with van der Waals surface area (Å²) in [6, 6.07) is 5.07. The molecule has 0 aliphatic carbocycles. The Bertz CT molecular complexity index is 1650. The van der Waals surface area contributed by atoms with Crippen molar-refractivity contribution >= 4 is 40.7 Å². The summed E-state index contributed by atoms with van der Waals surface area (Å²) in [7, 11) is 2.23. The number of nitro groups is 1. The van der Waals surface area contributed by atoms with E-state index in [1.54, 1.807) is 20.8 Å². The highest BCUT2D eigenvalue weighted by atomic mass is 35.5. The topological polar surface area (TPSA) is 133 Å². The molecule has 11 nitrogen and oxygen atoms in total. The zero-order chi connectivity index (χ0) is 34.6. The third kappa shape index (κ3) is 8.71. The number of nitrogens with zero attached hydrogens (tertiary/aromatic N) is 3. The van der Waals surface area contributed by atoms with Gasteiger partial charge in [0.2, 0.25) is 5.88 Å². The van der Waals surface area contributed by atoms with Gasteiger partial charge in [0.05, 0.1) is 47.5 Å². The van der Waals surface area contributed by atoms with E-state index >= 15 is 0 Å². The van der Waals surface area contributed by atoms with Crippen molar-refractivity contribution in [3.05, 3.63) is 85.6 Å². The summed E-state index contributed by atoms with van der Waals surface area (Å²) in [5.41, 5.74) is -4.72. The van der Waals surface area contributed by atoms with Crippen LogP contribution in [0, 0.1) is 21.7 Å². The third-order valence-electron chi connectivity index (χ3n) is 6.23. The van der Waals surface area contributed by atoms with Gasteiger partial charge in [-0.2, -0.15) is 13.2 Å². The smallest absolute Gasteiger partial charge is 0.419 e. The first-order chi connectivity index (χ1) is 21.4. The van der Waals surface area contributed by atoms with Crippen LogP contribution in [0.15, 0.2) is 36.4 Å². The molecule has 0 unspecified atom stereocenters. The number of ether oxygens (including phenoxy) is 3. The molecule has 0 fully saturated rings. The molecule has 46 heavy (non-hydrogen) atoms. The lowest BCUT2D eigenvalue weighted by Crippen LogP contribution is -2.38. The van der Waals surface area contributed by atoms with Crippen molar-refractivity contribution < 1.29 is 50.7 Å². The minimum absolute atomic E-state index is 0.0583. The van der Waals surface area contributed by atoms with Crippen molar-refractivity contribution in [3.63, 3.8) is 0 Å². The summed E-state index contributed by atoms with van der Waals surface area (Å²) in [5, 5.41) is 13.6. The van der Waals surface area contributed by atoms with E-state index < -0.39 is 68.8 Å². The van der Waals surface area contributed by atoms with Gasteiger partial charge < -0.3 is 24.4 Å². The van der Waals surface area contributed by atoms with Gasteiger partial charge >= 0.3 is 18.2 Å². The fourth-order valence-corrected chi connectivity index (χ4v) is 4.34. The van der Waals surface area contributed by atoms with Crippen molar-refractivity contribution in [1.82, 2.24) is 9.88 Å². The number of hydrogen-bond acceptors (Lipinski definition) is 9. The molecule has 3 aromatic rings. The number of anilines is 2. The average molecular weight is 675 g/mol. The van der Waals surface area contributed by atoms with Crippen LogP contribution in [0.25, 0.3) is 0 Å². The van der Waals surface area contributed by atoms with Crippen LogP contribution in [-0.2, 0) is 28.6 Å². The van der Waals surface area contributed by atoms with Crippen LogP contribution in [0.4, 0.5) is 43.8 Å². The minimum atomic E-state index is -5.15. The molecule has 17 heteroatoms. The monoisotopic (exact) mass is 674 g/mol. The number of pyridine rings is 1. The lowest BCUT2D eigenvalue weighted by Gasteiger charge is -2.28. The zero-order valence-corrected chi connectivity index (χ0v) is 25.8. The molecule has 0 aliphatic heterocycles. The summed E-state index contributed by atoms with van der Waals surface area (Å²) in [6.07, 6.45) is -6.33. The Morgan fingerprint density at radius 3 is 2.28 bits per heavy atom. The maximum absolute atomic E-state index is 14.8. The number of esters is 1. The van der Waals surface area contributed by atoms with Crippen molar-refractivity contribution in [2.45, 2.75) is 45.5 Å². The standard InChI is InChI=1S/C29H28ClF5N4O7/c1-28(2,3)46-27(41)38(11-10-21-23(39(42)43)8-9-24(37-21)44-4)14-16-20(7-6-18(31)25(16)30)36-22-13-17(29(33,34)35)19(32)12-15(22)26(40)45-5/h6-9,12-13,36H,10-11,14H2,1-5H3. The Labute approximate surface area is 264 Å². The molecule has 1 amide bonds. The summed E-state index contributed by atoms with van der Waals surface area (Å²) in [4.78, 5) is 41.7. The molecule has 1 heterocycles.